The molecule has 0 radical (unpaired) electrons. The van der Waals surface area contributed by atoms with E-state index in [1.807, 2.05) is 0 Å². The molecule has 22 fully saturated rings. The second-order valence-corrected chi connectivity index (χ2v) is 16.8. The number of hydrogen-bond acceptors (Lipinski definition) is 30. The van der Waals surface area contributed by atoms with E-state index in [1.54, 1.807) is 0 Å². The summed E-state index contributed by atoms with van der Waals surface area (Å²) < 4.78 is 67.9. The van der Waals surface area contributed by atoms with Gasteiger partial charge in [0.25, 0.3) is 0 Å². The quantitative estimate of drug-likeness (QED) is 0.117. The SMILES string of the molecule is O.O.O.O.O.O.O.O.O.O.O.OCC1OC2OC3C(CO)OC(OC4C(CO)OC(OC5C(CO)OC(OC6C(CO)OC(OC7C(CO)OC(OC1C(O)C2O)C(O)C7O)C(O)C6O)C(O)C5O)C(O)C4O)C(O)C3O. The van der Waals surface area contributed by atoms with E-state index in [9.17, 15) is 91.9 Å². The molecule has 0 aromatic carbocycles. The number of aliphatic hydroxyl groups is 18. The molecule has 12 bridgehead atoms. The molecule has 22 heterocycles. The lowest BCUT2D eigenvalue weighted by Gasteiger charge is -2.50. The fourth-order valence-corrected chi connectivity index (χ4v) is 8.93. The third kappa shape index (κ3) is 16.3. The van der Waals surface area contributed by atoms with E-state index < -0.39 is 224 Å². The zero-order chi connectivity index (χ0) is 48.0. The molecule has 0 aliphatic carbocycles. The molecule has 40 N–H and O–H groups in total. The molecule has 0 aromatic heterocycles. The van der Waals surface area contributed by atoms with Crippen LogP contribution in [0.25, 0.3) is 0 Å². The van der Waals surface area contributed by atoms with Crippen molar-refractivity contribution in [3.05, 3.63) is 0 Å². The van der Waals surface area contributed by atoms with Crippen LogP contribution < -0.4 is 0 Å². The van der Waals surface area contributed by atoms with Gasteiger partial charge in [-0.2, -0.15) is 0 Å². The Balaban J connectivity index is -0.00000157. The Morgan fingerprint density at radius 1 is 0.169 bits per heavy atom. The molecule has 0 saturated carbocycles. The molecule has 22 aliphatic rings. The van der Waals surface area contributed by atoms with Crippen LogP contribution >= 0.6 is 0 Å². The molecular formula is C36H82O41. The van der Waals surface area contributed by atoms with Crippen LogP contribution in [0.4, 0.5) is 0 Å². The van der Waals surface area contributed by atoms with E-state index in [2.05, 4.69) is 0 Å². The predicted octanol–water partition coefficient (Wildman–Crippen LogP) is -22.1. The van der Waals surface area contributed by atoms with Crippen LogP contribution in [0.3, 0.4) is 0 Å². The van der Waals surface area contributed by atoms with Gasteiger partial charge in [-0.3, -0.25) is 0 Å². The topological polar surface area (TPSA) is 821 Å². The van der Waals surface area contributed by atoms with Crippen LogP contribution in [-0.4, -0.2) is 376 Å². The lowest BCUT2D eigenvalue weighted by atomic mass is 9.94. The zero-order valence-corrected chi connectivity index (χ0v) is 40.0. The van der Waals surface area contributed by atoms with Crippen molar-refractivity contribution in [3.63, 3.8) is 0 Å². The maximum Gasteiger partial charge on any atom is 0.187 e. The molecule has 77 heavy (non-hydrogen) atoms. The predicted molar refractivity (Wildman–Crippen MR) is 236 cm³/mol. The summed E-state index contributed by atoms with van der Waals surface area (Å²) >= 11 is 0. The molecule has 472 valence electrons. The van der Waals surface area contributed by atoms with Crippen molar-refractivity contribution in [1.29, 1.82) is 0 Å². The van der Waals surface area contributed by atoms with E-state index in [-0.39, 0.29) is 60.2 Å². The standard InChI is InChI=1S/C36H60O30.11H2O/c37-1-7-25-13(43)19(49)31(55-7)62-26-8(2-38)57-33(21(51)15(26)45)64-28-10(4-40)59-35(23(53)17(28)47)66-30-12(6-42)60-36(24(54)18(30)48)65-29-11(5-41)58-34(22(52)16(29)46)63-27-9(3-39)56-32(61-25)20(50)14(27)44;;;;;;;;;;;/h7-54H,1-6H2;11*1H2. The maximum absolute atomic E-state index is 11.2. The second kappa shape index (κ2) is 35.4. The molecule has 22 rings (SSSR count). The first-order chi connectivity index (χ1) is 31.4. The monoisotopic (exact) mass is 1170 g/mol. The van der Waals surface area contributed by atoms with Crippen LogP contribution in [0.5, 0.6) is 0 Å². The van der Waals surface area contributed by atoms with Crippen molar-refractivity contribution in [2.45, 2.75) is 184 Å². The van der Waals surface area contributed by atoms with Gasteiger partial charge < -0.3 is 209 Å². The summed E-state index contributed by atoms with van der Waals surface area (Å²) in [5, 5.41) is 196. The lowest BCUT2D eigenvalue weighted by Crippen LogP contribution is -2.69. The van der Waals surface area contributed by atoms with Crippen LogP contribution in [0.2, 0.25) is 0 Å². The summed E-state index contributed by atoms with van der Waals surface area (Å²) in [4.78, 5) is 0. The van der Waals surface area contributed by atoms with E-state index in [0.717, 1.165) is 0 Å². The molecule has 0 aromatic rings. The highest BCUT2D eigenvalue weighted by Crippen LogP contribution is 2.38. The van der Waals surface area contributed by atoms with E-state index in [1.165, 1.54) is 0 Å². The van der Waals surface area contributed by atoms with Crippen molar-refractivity contribution in [2.75, 3.05) is 39.6 Å². The van der Waals surface area contributed by atoms with Gasteiger partial charge >= 0.3 is 0 Å². The van der Waals surface area contributed by atoms with E-state index in [0.29, 0.717) is 0 Å². The number of aliphatic hydroxyl groups excluding tert-OH is 18. The van der Waals surface area contributed by atoms with Gasteiger partial charge in [-0.05, 0) is 0 Å². The first-order valence-electron chi connectivity index (χ1n) is 21.1. The fourth-order valence-electron chi connectivity index (χ4n) is 8.93. The molecule has 30 unspecified atom stereocenters. The molecule has 41 nitrogen and oxygen atoms in total. The molecule has 0 spiro atoms. The van der Waals surface area contributed by atoms with Crippen LogP contribution in [0.1, 0.15) is 0 Å². The van der Waals surface area contributed by atoms with Crippen LogP contribution in [0, 0.1) is 0 Å². The molecule has 41 heteroatoms. The summed E-state index contributed by atoms with van der Waals surface area (Å²) in [5.74, 6) is 0. The highest BCUT2D eigenvalue weighted by molar-refractivity contribution is 5.01. The Labute approximate surface area is 432 Å². The van der Waals surface area contributed by atoms with Crippen molar-refractivity contribution in [2.24, 2.45) is 0 Å². The van der Waals surface area contributed by atoms with Crippen LogP contribution in [0.15, 0.2) is 0 Å². The average Bonchev–Trinajstić information content (AvgIpc) is 3.31. The van der Waals surface area contributed by atoms with Gasteiger partial charge in [-0.1, -0.05) is 0 Å². The normalized spacial score (nSPS) is 47.5. The third-order valence-electron chi connectivity index (χ3n) is 12.7. The minimum Gasteiger partial charge on any atom is -0.412 e. The fraction of sp³-hybridized carbons (Fsp3) is 1.00. The minimum absolute atomic E-state index is 0. The molecule has 0 amide bonds. The lowest BCUT2D eigenvalue weighted by molar-refractivity contribution is -0.404. The Morgan fingerprint density at radius 3 is 0.364 bits per heavy atom. The summed E-state index contributed by atoms with van der Waals surface area (Å²) in [6.45, 7) is -5.99. The Kier molecular flexibility index (Phi) is 38.7. The number of ether oxygens (including phenoxy) is 12. The van der Waals surface area contributed by atoms with Gasteiger partial charge in [0.15, 0.2) is 37.7 Å². The van der Waals surface area contributed by atoms with E-state index in [4.69, 9.17) is 56.8 Å². The number of hydrogen-bond donors (Lipinski definition) is 18. The van der Waals surface area contributed by atoms with Gasteiger partial charge in [-0.15, -0.1) is 0 Å². The van der Waals surface area contributed by atoms with Gasteiger partial charge in [0, 0.05) is 0 Å². The second-order valence-electron chi connectivity index (χ2n) is 16.8. The highest BCUT2D eigenvalue weighted by Gasteiger charge is 2.58. The zero-order valence-electron chi connectivity index (χ0n) is 40.0. The Hall–Kier alpha value is -1.64. The summed E-state index contributed by atoms with van der Waals surface area (Å²) in [5.41, 5.74) is 0. The summed E-state index contributed by atoms with van der Waals surface area (Å²) in [6.07, 6.45) is -58.5. The van der Waals surface area contributed by atoms with Gasteiger partial charge in [0.2, 0.25) is 0 Å². The molecule has 22 aliphatic heterocycles. The number of rotatable bonds is 6. The van der Waals surface area contributed by atoms with Crippen molar-refractivity contribution >= 4 is 0 Å². The third-order valence-corrected chi connectivity index (χ3v) is 12.7. The van der Waals surface area contributed by atoms with Crippen molar-refractivity contribution in [1.82, 2.24) is 0 Å². The first-order valence-corrected chi connectivity index (χ1v) is 21.1. The van der Waals surface area contributed by atoms with Crippen molar-refractivity contribution < 1.29 is 209 Å². The smallest absolute Gasteiger partial charge is 0.187 e. The first kappa shape index (κ1) is 84.2. The molecular weight excluding hydrogens is 1090 g/mol. The maximum atomic E-state index is 11.2. The summed E-state index contributed by atoms with van der Waals surface area (Å²) in [7, 11) is 0. The van der Waals surface area contributed by atoms with E-state index >= 15 is 0 Å². The van der Waals surface area contributed by atoms with Gasteiger partial charge in [0.05, 0.1) is 39.6 Å². The van der Waals surface area contributed by atoms with Gasteiger partial charge in [0.1, 0.15) is 146 Å². The van der Waals surface area contributed by atoms with Crippen LogP contribution in [-0.2, 0) is 56.8 Å². The Morgan fingerprint density at radius 2 is 0.273 bits per heavy atom. The largest absolute Gasteiger partial charge is 0.412 e. The molecule has 22 saturated heterocycles. The van der Waals surface area contributed by atoms with Crippen molar-refractivity contribution in [3.8, 4) is 0 Å². The van der Waals surface area contributed by atoms with Gasteiger partial charge in [-0.25, -0.2) is 0 Å². The molecule has 30 atom stereocenters. The minimum atomic E-state index is -2.15. The highest BCUT2D eigenvalue weighted by atomic mass is 16.8. The average molecular weight is 1170 g/mol. The summed E-state index contributed by atoms with van der Waals surface area (Å²) in [6, 6.07) is 0. The Bertz CT molecular complexity index is 1240.